The minimum atomic E-state index is -0.0287. The van der Waals surface area contributed by atoms with Crippen LogP contribution in [-0.4, -0.2) is 29.9 Å². The summed E-state index contributed by atoms with van der Waals surface area (Å²) in [6, 6.07) is 8.01. The largest absolute Gasteiger partial charge is 0.326 e. The lowest BCUT2D eigenvalue weighted by Crippen LogP contribution is -2.15. The number of benzene rings is 1. The summed E-state index contributed by atoms with van der Waals surface area (Å²) >= 11 is 1.60. The Morgan fingerprint density at radius 1 is 1.27 bits per heavy atom. The normalized spacial score (nSPS) is 11.2. The van der Waals surface area contributed by atoms with Crippen LogP contribution in [0.15, 0.2) is 29.6 Å². The number of nitrogens with zero attached hydrogens (tertiary/aromatic N) is 2. The molecule has 0 aliphatic carbocycles. The van der Waals surface area contributed by atoms with Crippen molar-refractivity contribution < 1.29 is 4.79 Å². The Morgan fingerprint density at radius 2 is 1.95 bits per heavy atom. The molecule has 2 rings (SSSR count). The Labute approximate surface area is 136 Å². The van der Waals surface area contributed by atoms with E-state index in [-0.39, 0.29) is 5.91 Å². The minimum absolute atomic E-state index is 0.0287. The van der Waals surface area contributed by atoms with Crippen LogP contribution in [-0.2, 0) is 17.8 Å². The highest BCUT2D eigenvalue weighted by atomic mass is 32.1. The number of aromatic nitrogens is 1. The van der Waals surface area contributed by atoms with E-state index in [0.717, 1.165) is 22.9 Å². The molecule has 0 saturated carbocycles. The third-order valence-electron chi connectivity index (χ3n) is 3.25. The number of thiazole rings is 1. The van der Waals surface area contributed by atoms with Gasteiger partial charge in [-0.05, 0) is 37.7 Å². The van der Waals surface area contributed by atoms with Crippen LogP contribution in [0.3, 0.4) is 0 Å². The summed E-state index contributed by atoms with van der Waals surface area (Å²) in [5, 5.41) is 5.92. The molecule has 22 heavy (non-hydrogen) atoms. The molecule has 0 aliphatic rings. The van der Waals surface area contributed by atoms with E-state index in [1.165, 1.54) is 5.56 Å². The predicted octanol–water partition coefficient (Wildman–Crippen LogP) is 3.51. The molecule has 0 atom stereocenters. The van der Waals surface area contributed by atoms with Crippen LogP contribution in [0, 0.1) is 0 Å². The zero-order chi connectivity index (χ0) is 16.1. The van der Waals surface area contributed by atoms with E-state index in [9.17, 15) is 4.79 Å². The van der Waals surface area contributed by atoms with Crippen molar-refractivity contribution in [3.05, 3.63) is 45.9 Å². The fraction of sp³-hybridized carbons (Fsp3) is 0.412. The molecule has 0 radical (unpaired) electrons. The molecular weight excluding hydrogens is 294 g/mol. The molecule has 118 valence electrons. The zero-order valence-corrected chi connectivity index (χ0v) is 14.4. The molecular formula is C17H23N3OS. The average molecular weight is 317 g/mol. The van der Waals surface area contributed by atoms with Crippen molar-refractivity contribution in [1.29, 1.82) is 0 Å². The lowest BCUT2D eigenvalue weighted by Gasteiger charge is -2.08. The monoisotopic (exact) mass is 317 g/mol. The van der Waals surface area contributed by atoms with E-state index in [0.29, 0.717) is 12.3 Å². The smallest absolute Gasteiger partial charge is 0.230 e. The molecule has 5 heteroatoms. The third-order valence-corrected chi connectivity index (χ3v) is 4.14. The van der Waals surface area contributed by atoms with Crippen LogP contribution in [0.25, 0.3) is 0 Å². The fourth-order valence-electron chi connectivity index (χ4n) is 2.09. The summed E-state index contributed by atoms with van der Waals surface area (Å²) in [5.74, 6) is 0.467. The van der Waals surface area contributed by atoms with E-state index in [2.05, 4.69) is 41.2 Å². The summed E-state index contributed by atoms with van der Waals surface area (Å²) in [5.41, 5.74) is 2.93. The van der Waals surface area contributed by atoms with Crippen LogP contribution in [0.2, 0.25) is 0 Å². The first-order chi connectivity index (χ1) is 10.4. The molecule has 0 bridgehead atoms. The Morgan fingerprint density at radius 3 is 2.55 bits per heavy atom. The van der Waals surface area contributed by atoms with Gasteiger partial charge >= 0.3 is 0 Å². The van der Waals surface area contributed by atoms with Gasteiger partial charge in [-0.1, -0.05) is 26.0 Å². The van der Waals surface area contributed by atoms with Crippen LogP contribution in [0.4, 0.5) is 5.69 Å². The molecule has 0 fully saturated rings. The fourth-order valence-corrected chi connectivity index (χ4v) is 3.01. The van der Waals surface area contributed by atoms with Crippen LogP contribution in [0.1, 0.15) is 36.0 Å². The van der Waals surface area contributed by atoms with Crippen molar-refractivity contribution in [3.8, 4) is 0 Å². The molecule has 1 aromatic carbocycles. The first kappa shape index (κ1) is 16.6. The molecule has 0 aliphatic heterocycles. The van der Waals surface area contributed by atoms with Crippen molar-refractivity contribution in [2.45, 2.75) is 32.7 Å². The van der Waals surface area contributed by atoms with Gasteiger partial charge < -0.3 is 10.2 Å². The van der Waals surface area contributed by atoms with Crippen molar-refractivity contribution >= 4 is 22.9 Å². The Hall–Kier alpha value is -1.72. The number of amides is 1. The highest BCUT2D eigenvalue weighted by Crippen LogP contribution is 2.17. The van der Waals surface area contributed by atoms with Crippen molar-refractivity contribution in [2.24, 2.45) is 0 Å². The minimum Gasteiger partial charge on any atom is -0.326 e. The maximum Gasteiger partial charge on any atom is 0.230 e. The number of carbonyl (C=O) groups is 1. The predicted molar refractivity (Wildman–Crippen MR) is 92.4 cm³/mol. The van der Waals surface area contributed by atoms with Gasteiger partial charge in [0, 0.05) is 17.6 Å². The molecule has 0 saturated heterocycles. The summed E-state index contributed by atoms with van der Waals surface area (Å²) in [6.07, 6.45) is 0.315. The molecule has 1 amide bonds. The second-order valence-corrected chi connectivity index (χ2v) is 6.91. The van der Waals surface area contributed by atoms with Gasteiger partial charge in [0.25, 0.3) is 0 Å². The van der Waals surface area contributed by atoms with Crippen molar-refractivity contribution in [3.63, 3.8) is 0 Å². The molecule has 1 heterocycles. The molecule has 0 spiro atoms. The number of carbonyl (C=O) groups excluding carboxylic acids is 1. The molecule has 1 N–H and O–H groups in total. The van der Waals surface area contributed by atoms with Gasteiger partial charge in [-0.2, -0.15) is 0 Å². The topological polar surface area (TPSA) is 45.2 Å². The van der Waals surface area contributed by atoms with E-state index < -0.39 is 0 Å². The Kier molecular flexibility index (Phi) is 5.69. The quantitative estimate of drug-likeness (QED) is 0.887. The summed E-state index contributed by atoms with van der Waals surface area (Å²) < 4.78 is 0. The SMILES string of the molecule is CC(C)c1ccc(NC(=O)Cc2csc(CN(C)C)n2)cc1. The van der Waals surface area contributed by atoms with Crippen LogP contribution < -0.4 is 5.32 Å². The molecule has 0 unspecified atom stereocenters. The number of hydrogen-bond acceptors (Lipinski definition) is 4. The number of rotatable bonds is 6. The van der Waals surface area contributed by atoms with Crippen molar-refractivity contribution in [1.82, 2.24) is 9.88 Å². The first-order valence-electron chi connectivity index (χ1n) is 7.42. The van der Waals surface area contributed by atoms with Gasteiger partial charge in [0.2, 0.25) is 5.91 Å². The van der Waals surface area contributed by atoms with Crippen LogP contribution in [0.5, 0.6) is 0 Å². The molecule has 2 aromatic rings. The van der Waals surface area contributed by atoms with Crippen molar-refractivity contribution in [2.75, 3.05) is 19.4 Å². The first-order valence-corrected chi connectivity index (χ1v) is 8.30. The summed E-state index contributed by atoms with van der Waals surface area (Å²) in [6.45, 7) is 5.12. The van der Waals surface area contributed by atoms with Gasteiger partial charge in [0.15, 0.2) is 0 Å². The Balaban J connectivity index is 1.91. The van der Waals surface area contributed by atoms with Gasteiger partial charge in [0.1, 0.15) is 5.01 Å². The maximum absolute atomic E-state index is 12.1. The van der Waals surface area contributed by atoms with Gasteiger partial charge in [-0.3, -0.25) is 4.79 Å². The number of hydrogen-bond donors (Lipinski definition) is 1. The van der Waals surface area contributed by atoms with Gasteiger partial charge in [-0.25, -0.2) is 4.98 Å². The van der Waals surface area contributed by atoms with E-state index in [4.69, 9.17) is 0 Å². The third kappa shape index (κ3) is 4.93. The highest BCUT2D eigenvalue weighted by Gasteiger charge is 2.09. The van der Waals surface area contributed by atoms with E-state index in [1.54, 1.807) is 11.3 Å². The standard InChI is InChI=1S/C17H23N3OS/c1-12(2)13-5-7-14(8-6-13)18-16(21)9-15-11-22-17(19-15)10-20(3)4/h5-8,11-12H,9-10H2,1-4H3,(H,18,21). The maximum atomic E-state index is 12.1. The summed E-state index contributed by atoms with van der Waals surface area (Å²) in [4.78, 5) is 18.6. The highest BCUT2D eigenvalue weighted by molar-refractivity contribution is 7.09. The Bertz CT molecular complexity index is 617. The average Bonchev–Trinajstić information content (AvgIpc) is 2.85. The zero-order valence-electron chi connectivity index (χ0n) is 13.6. The lowest BCUT2D eigenvalue weighted by molar-refractivity contribution is -0.115. The lowest BCUT2D eigenvalue weighted by atomic mass is 10.0. The van der Waals surface area contributed by atoms with Gasteiger partial charge in [0.05, 0.1) is 12.1 Å². The number of anilines is 1. The molecule has 1 aromatic heterocycles. The molecule has 4 nitrogen and oxygen atoms in total. The number of nitrogens with one attached hydrogen (secondary N) is 1. The second-order valence-electron chi connectivity index (χ2n) is 5.97. The van der Waals surface area contributed by atoms with Crippen LogP contribution >= 0.6 is 11.3 Å². The van der Waals surface area contributed by atoms with E-state index in [1.807, 2.05) is 31.6 Å². The van der Waals surface area contributed by atoms with Gasteiger partial charge in [-0.15, -0.1) is 11.3 Å². The second kappa shape index (κ2) is 7.51. The van der Waals surface area contributed by atoms with E-state index >= 15 is 0 Å². The summed E-state index contributed by atoms with van der Waals surface area (Å²) in [7, 11) is 4.02.